The van der Waals surface area contributed by atoms with Crippen LogP contribution in [0.4, 0.5) is 10.1 Å². The Bertz CT molecular complexity index is 369. The van der Waals surface area contributed by atoms with E-state index in [9.17, 15) is 4.39 Å². The van der Waals surface area contributed by atoms with Crippen molar-refractivity contribution in [1.29, 1.82) is 0 Å². The molecule has 1 rings (SSSR count). The lowest BCUT2D eigenvalue weighted by Crippen LogP contribution is -2.29. The molecule has 0 radical (unpaired) electrons. The number of anilines is 1. The Balaban J connectivity index is 2.84. The second kappa shape index (κ2) is 5.50. The van der Waals surface area contributed by atoms with Crippen molar-refractivity contribution in [3.05, 3.63) is 29.6 Å². The van der Waals surface area contributed by atoms with Crippen LogP contribution in [0, 0.1) is 11.2 Å². The minimum absolute atomic E-state index is 0.149. The van der Waals surface area contributed by atoms with Crippen molar-refractivity contribution in [3.8, 4) is 0 Å². The SMILES string of the molecule is CNCc1ccc(N(C)CC(C)(C)C)c(F)c1. The van der Waals surface area contributed by atoms with Crippen LogP contribution in [0.1, 0.15) is 26.3 Å². The molecule has 1 aromatic carbocycles. The Kier molecular flexibility index (Phi) is 4.52. The molecule has 0 fully saturated rings. The summed E-state index contributed by atoms with van der Waals surface area (Å²) in [6.07, 6.45) is 0. The third-order valence-electron chi connectivity index (χ3n) is 2.52. The highest BCUT2D eigenvalue weighted by atomic mass is 19.1. The van der Waals surface area contributed by atoms with Crippen molar-refractivity contribution in [2.75, 3.05) is 25.5 Å². The van der Waals surface area contributed by atoms with E-state index in [1.165, 1.54) is 0 Å². The fourth-order valence-corrected chi connectivity index (χ4v) is 1.97. The first-order valence-electron chi connectivity index (χ1n) is 5.97. The smallest absolute Gasteiger partial charge is 0.146 e. The zero-order valence-corrected chi connectivity index (χ0v) is 11.5. The molecule has 1 aromatic rings. The van der Waals surface area contributed by atoms with Gasteiger partial charge in [-0.2, -0.15) is 0 Å². The number of rotatable bonds is 4. The van der Waals surface area contributed by atoms with E-state index in [4.69, 9.17) is 0 Å². The van der Waals surface area contributed by atoms with E-state index >= 15 is 0 Å². The van der Waals surface area contributed by atoms with E-state index in [0.29, 0.717) is 12.2 Å². The molecule has 0 aliphatic rings. The molecule has 0 heterocycles. The van der Waals surface area contributed by atoms with Gasteiger partial charge in [-0.1, -0.05) is 26.8 Å². The molecule has 1 N–H and O–H groups in total. The Labute approximate surface area is 104 Å². The zero-order valence-electron chi connectivity index (χ0n) is 11.5. The lowest BCUT2D eigenvalue weighted by molar-refractivity contribution is 0.417. The van der Waals surface area contributed by atoms with Crippen molar-refractivity contribution in [3.63, 3.8) is 0 Å². The third-order valence-corrected chi connectivity index (χ3v) is 2.52. The summed E-state index contributed by atoms with van der Waals surface area (Å²) in [4.78, 5) is 1.97. The summed E-state index contributed by atoms with van der Waals surface area (Å²) in [5.74, 6) is -0.149. The van der Waals surface area contributed by atoms with Gasteiger partial charge in [-0.15, -0.1) is 0 Å². The van der Waals surface area contributed by atoms with Gasteiger partial charge in [0.2, 0.25) is 0 Å². The molecule has 3 heteroatoms. The van der Waals surface area contributed by atoms with Crippen molar-refractivity contribution >= 4 is 5.69 Å². The fraction of sp³-hybridized carbons (Fsp3) is 0.571. The Morgan fingerprint density at radius 3 is 2.41 bits per heavy atom. The van der Waals surface area contributed by atoms with Crippen LogP contribution in [-0.4, -0.2) is 20.6 Å². The molecule has 0 saturated carbocycles. The molecule has 0 atom stereocenters. The van der Waals surface area contributed by atoms with Gasteiger partial charge in [0.15, 0.2) is 0 Å². The van der Waals surface area contributed by atoms with Gasteiger partial charge in [0.1, 0.15) is 5.82 Å². The molecule has 0 unspecified atom stereocenters. The summed E-state index contributed by atoms with van der Waals surface area (Å²) in [7, 11) is 3.79. The quantitative estimate of drug-likeness (QED) is 0.867. The highest BCUT2D eigenvalue weighted by Crippen LogP contribution is 2.23. The highest BCUT2D eigenvalue weighted by molar-refractivity contribution is 5.48. The molecule has 0 spiro atoms. The van der Waals surface area contributed by atoms with Crippen LogP contribution in [0.3, 0.4) is 0 Å². The molecule has 0 saturated heterocycles. The number of hydrogen-bond acceptors (Lipinski definition) is 2. The average Bonchev–Trinajstić information content (AvgIpc) is 2.15. The molecular weight excluding hydrogens is 215 g/mol. The van der Waals surface area contributed by atoms with Crippen LogP contribution in [0.15, 0.2) is 18.2 Å². The van der Waals surface area contributed by atoms with E-state index in [2.05, 4.69) is 26.1 Å². The van der Waals surface area contributed by atoms with Gasteiger partial charge in [-0.3, -0.25) is 0 Å². The lowest BCUT2D eigenvalue weighted by Gasteiger charge is -2.28. The Hall–Kier alpha value is -1.09. The van der Waals surface area contributed by atoms with E-state index < -0.39 is 0 Å². The van der Waals surface area contributed by atoms with E-state index in [1.807, 2.05) is 31.1 Å². The number of nitrogens with one attached hydrogen (secondary N) is 1. The summed E-state index contributed by atoms with van der Waals surface area (Å²) < 4.78 is 13.9. The highest BCUT2D eigenvalue weighted by Gasteiger charge is 2.16. The second-order valence-electron chi connectivity index (χ2n) is 5.73. The lowest BCUT2D eigenvalue weighted by atomic mass is 9.96. The minimum Gasteiger partial charge on any atom is -0.372 e. The minimum atomic E-state index is -0.149. The van der Waals surface area contributed by atoms with Gasteiger partial charge < -0.3 is 10.2 Å². The number of halogens is 1. The largest absolute Gasteiger partial charge is 0.372 e. The molecule has 2 nitrogen and oxygen atoms in total. The molecule has 0 aromatic heterocycles. The first-order chi connectivity index (χ1) is 7.83. The van der Waals surface area contributed by atoms with Crippen LogP contribution in [0.2, 0.25) is 0 Å². The van der Waals surface area contributed by atoms with Crippen molar-refractivity contribution in [2.45, 2.75) is 27.3 Å². The Morgan fingerprint density at radius 1 is 1.29 bits per heavy atom. The maximum atomic E-state index is 13.9. The molecule has 17 heavy (non-hydrogen) atoms. The molecular formula is C14H23FN2. The summed E-state index contributed by atoms with van der Waals surface area (Å²) in [6, 6.07) is 5.42. The van der Waals surface area contributed by atoms with Gasteiger partial charge >= 0.3 is 0 Å². The number of nitrogens with zero attached hydrogens (tertiary/aromatic N) is 1. The number of hydrogen-bond donors (Lipinski definition) is 1. The Morgan fingerprint density at radius 2 is 1.94 bits per heavy atom. The molecule has 0 aliphatic carbocycles. The summed E-state index contributed by atoms with van der Waals surface area (Å²) in [6.45, 7) is 7.97. The molecule has 0 aliphatic heterocycles. The van der Waals surface area contributed by atoms with Gasteiger partial charge in [-0.05, 0) is 30.2 Å². The van der Waals surface area contributed by atoms with Crippen molar-refractivity contribution in [2.24, 2.45) is 5.41 Å². The fourth-order valence-electron chi connectivity index (χ4n) is 1.97. The van der Waals surface area contributed by atoms with E-state index in [1.54, 1.807) is 6.07 Å². The monoisotopic (exact) mass is 238 g/mol. The first-order valence-corrected chi connectivity index (χ1v) is 5.97. The van der Waals surface area contributed by atoms with Crippen molar-refractivity contribution in [1.82, 2.24) is 5.32 Å². The predicted octanol–water partition coefficient (Wildman–Crippen LogP) is 3.03. The molecule has 96 valence electrons. The first kappa shape index (κ1) is 14.0. The van der Waals surface area contributed by atoms with Crippen LogP contribution >= 0.6 is 0 Å². The standard InChI is InChI=1S/C14H23FN2/c1-14(2,3)10-17(5)13-7-6-11(9-16-4)8-12(13)15/h6-8,16H,9-10H2,1-5H3. The summed E-state index contributed by atoms with van der Waals surface area (Å²) in [5, 5.41) is 3.02. The number of benzene rings is 1. The second-order valence-corrected chi connectivity index (χ2v) is 5.73. The van der Waals surface area contributed by atoms with E-state index in [-0.39, 0.29) is 11.2 Å². The average molecular weight is 238 g/mol. The maximum Gasteiger partial charge on any atom is 0.146 e. The van der Waals surface area contributed by atoms with Gasteiger partial charge in [0.05, 0.1) is 5.69 Å². The van der Waals surface area contributed by atoms with Crippen LogP contribution in [0.25, 0.3) is 0 Å². The summed E-state index contributed by atoms with van der Waals surface area (Å²) in [5.41, 5.74) is 1.79. The van der Waals surface area contributed by atoms with Gasteiger partial charge in [-0.25, -0.2) is 4.39 Å². The van der Waals surface area contributed by atoms with Crippen LogP contribution in [-0.2, 0) is 6.54 Å². The van der Waals surface area contributed by atoms with Gasteiger partial charge in [0.25, 0.3) is 0 Å². The zero-order chi connectivity index (χ0) is 13.1. The van der Waals surface area contributed by atoms with E-state index in [0.717, 1.165) is 12.1 Å². The topological polar surface area (TPSA) is 15.3 Å². The van der Waals surface area contributed by atoms with Gasteiger partial charge in [0, 0.05) is 20.1 Å². The van der Waals surface area contributed by atoms with Crippen molar-refractivity contribution < 1.29 is 4.39 Å². The molecule has 0 amide bonds. The van der Waals surface area contributed by atoms with Crippen LogP contribution in [0.5, 0.6) is 0 Å². The maximum absolute atomic E-state index is 13.9. The predicted molar refractivity (Wildman–Crippen MR) is 71.9 cm³/mol. The normalized spacial score (nSPS) is 11.6. The van der Waals surface area contributed by atoms with Crippen LogP contribution < -0.4 is 10.2 Å². The molecule has 0 bridgehead atoms. The third kappa shape index (κ3) is 4.35. The summed E-state index contributed by atoms with van der Waals surface area (Å²) >= 11 is 0.